The van der Waals surface area contributed by atoms with Crippen LogP contribution >= 0.6 is 0 Å². The zero-order valence-electron chi connectivity index (χ0n) is 20.3. The Hall–Kier alpha value is -5.22. The number of aromatic amines is 1. The summed E-state index contributed by atoms with van der Waals surface area (Å²) < 4.78 is 2.27. The van der Waals surface area contributed by atoms with E-state index in [1.807, 2.05) is 6.20 Å². The van der Waals surface area contributed by atoms with Crippen LogP contribution in [-0.2, 0) is 0 Å². The first-order valence-corrected chi connectivity index (χ1v) is 12.9. The lowest BCUT2D eigenvalue weighted by Crippen LogP contribution is -2.00. The van der Waals surface area contributed by atoms with Crippen molar-refractivity contribution in [2.45, 2.75) is 0 Å². The van der Waals surface area contributed by atoms with E-state index in [2.05, 4.69) is 119 Å². The number of benzene rings is 6. The highest BCUT2D eigenvalue weighted by Gasteiger charge is 2.19. The number of para-hydroxylation sites is 2. The molecule has 0 unspecified atom stereocenters. The summed E-state index contributed by atoms with van der Waals surface area (Å²) >= 11 is 0. The first-order valence-electron chi connectivity index (χ1n) is 12.9. The zero-order valence-corrected chi connectivity index (χ0v) is 20.3. The molecule has 0 atom stereocenters. The molecule has 0 aliphatic rings. The third kappa shape index (κ3) is 2.49. The van der Waals surface area contributed by atoms with Gasteiger partial charge in [0.2, 0.25) is 0 Å². The minimum atomic E-state index is 0.823. The molecule has 3 heterocycles. The molecule has 1 N–H and O–H groups in total. The van der Waals surface area contributed by atoms with Crippen LogP contribution in [0.2, 0.25) is 0 Å². The maximum absolute atomic E-state index is 5.32. The van der Waals surface area contributed by atoms with Gasteiger partial charge in [-0.2, -0.15) is 0 Å². The maximum atomic E-state index is 5.32. The highest BCUT2D eigenvalue weighted by molar-refractivity contribution is 6.28. The van der Waals surface area contributed by atoms with Crippen LogP contribution in [0.15, 0.2) is 115 Å². The maximum Gasteiger partial charge on any atom is 0.156 e. The molecular weight excluding hydrogens is 464 g/mol. The van der Waals surface area contributed by atoms with E-state index in [9.17, 15) is 0 Å². The van der Waals surface area contributed by atoms with Gasteiger partial charge in [-0.1, -0.05) is 84.9 Å². The fourth-order valence-electron chi connectivity index (χ4n) is 6.37. The fraction of sp³-hybridized carbons (Fsp3) is 0. The average Bonchev–Trinajstić information content (AvgIpc) is 3.52. The molecule has 0 aliphatic carbocycles. The summed E-state index contributed by atoms with van der Waals surface area (Å²) in [6.45, 7) is 0. The molecule has 9 aromatic rings. The molecule has 0 aliphatic heterocycles. The van der Waals surface area contributed by atoms with Crippen LogP contribution in [-0.4, -0.2) is 19.5 Å². The van der Waals surface area contributed by atoms with Crippen LogP contribution in [0.3, 0.4) is 0 Å². The standard InChI is InChI=1S/C34H20N4/c1-3-11-22-20(9-1)21-10-2-4-12-23(21)34-33(22)35-19-30(37-34)38-28-16-8-6-14-25(28)32-29(38)18-17-27-31(32)24-13-5-7-15-26(24)36-27/h1-19,36H. The van der Waals surface area contributed by atoms with Gasteiger partial charge in [0.25, 0.3) is 0 Å². The second-order valence-corrected chi connectivity index (χ2v) is 9.92. The number of nitrogens with one attached hydrogen (secondary N) is 1. The third-order valence-electron chi connectivity index (χ3n) is 7.95. The largest absolute Gasteiger partial charge is 0.354 e. The molecular formula is C34H20N4. The van der Waals surface area contributed by atoms with E-state index in [1.165, 1.54) is 32.3 Å². The average molecular weight is 485 g/mol. The normalized spacial score (nSPS) is 12.2. The second kappa shape index (κ2) is 7.17. The molecule has 0 amide bonds. The topological polar surface area (TPSA) is 46.5 Å². The van der Waals surface area contributed by atoms with Gasteiger partial charge < -0.3 is 4.98 Å². The van der Waals surface area contributed by atoms with Crippen molar-refractivity contribution in [1.82, 2.24) is 19.5 Å². The van der Waals surface area contributed by atoms with Crippen molar-refractivity contribution in [3.63, 3.8) is 0 Å². The number of hydrogen-bond acceptors (Lipinski definition) is 2. The van der Waals surface area contributed by atoms with Gasteiger partial charge in [0, 0.05) is 43.4 Å². The monoisotopic (exact) mass is 484 g/mol. The summed E-state index contributed by atoms with van der Waals surface area (Å²) in [7, 11) is 0. The molecule has 4 heteroatoms. The summed E-state index contributed by atoms with van der Waals surface area (Å²) in [4.78, 5) is 14.0. The molecule has 0 spiro atoms. The minimum Gasteiger partial charge on any atom is -0.354 e. The number of nitrogens with zero attached hydrogens (tertiary/aromatic N) is 3. The third-order valence-corrected chi connectivity index (χ3v) is 7.95. The molecule has 9 rings (SSSR count). The van der Waals surface area contributed by atoms with E-state index < -0.39 is 0 Å². The van der Waals surface area contributed by atoms with Crippen LogP contribution in [0.4, 0.5) is 0 Å². The van der Waals surface area contributed by atoms with Gasteiger partial charge in [-0.05, 0) is 35.0 Å². The summed E-state index contributed by atoms with van der Waals surface area (Å²) in [5, 5.41) is 9.58. The number of hydrogen-bond donors (Lipinski definition) is 1. The van der Waals surface area contributed by atoms with E-state index >= 15 is 0 Å². The van der Waals surface area contributed by atoms with E-state index in [4.69, 9.17) is 9.97 Å². The van der Waals surface area contributed by atoms with Crippen molar-refractivity contribution < 1.29 is 0 Å². The Kier molecular flexibility index (Phi) is 3.76. The van der Waals surface area contributed by atoms with Crippen LogP contribution in [0.5, 0.6) is 0 Å². The highest BCUT2D eigenvalue weighted by atomic mass is 15.1. The quantitative estimate of drug-likeness (QED) is 0.237. The van der Waals surface area contributed by atoms with Gasteiger partial charge in [-0.15, -0.1) is 0 Å². The minimum absolute atomic E-state index is 0.823. The summed E-state index contributed by atoms with van der Waals surface area (Å²) in [6.07, 6.45) is 1.93. The molecule has 0 radical (unpaired) electrons. The van der Waals surface area contributed by atoms with E-state index in [1.54, 1.807) is 0 Å². The van der Waals surface area contributed by atoms with Crippen LogP contribution in [0.25, 0.3) is 82.0 Å². The van der Waals surface area contributed by atoms with Crippen molar-refractivity contribution in [3.8, 4) is 5.82 Å². The molecule has 3 aromatic heterocycles. The predicted octanol–water partition coefficient (Wildman–Crippen LogP) is 8.67. The van der Waals surface area contributed by atoms with Crippen molar-refractivity contribution in [2.24, 2.45) is 0 Å². The van der Waals surface area contributed by atoms with Crippen molar-refractivity contribution in [2.75, 3.05) is 0 Å². The molecule has 6 aromatic carbocycles. The van der Waals surface area contributed by atoms with Crippen LogP contribution in [0, 0.1) is 0 Å². The molecule has 0 bridgehead atoms. The molecule has 4 nitrogen and oxygen atoms in total. The summed E-state index contributed by atoms with van der Waals surface area (Å²) in [6, 6.07) is 38.5. The summed E-state index contributed by atoms with van der Waals surface area (Å²) in [5.74, 6) is 0.823. The fourth-order valence-corrected chi connectivity index (χ4v) is 6.37. The molecule has 176 valence electrons. The van der Waals surface area contributed by atoms with Gasteiger partial charge in [0.05, 0.1) is 28.3 Å². The van der Waals surface area contributed by atoms with E-state index in [-0.39, 0.29) is 0 Å². The molecule has 0 saturated carbocycles. The molecule has 0 saturated heterocycles. The van der Waals surface area contributed by atoms with Crippen molar-refractivity contribution >= 4 is 76.2 Å². The van der Waals surface area contributed by atoms with Gasteiger partial charge in [-0.25, -0.2) is 4.98 Å². The highest BCUT2D eigenvalue weighted by Crippen LogP contribution is 2.40. The second-order valence-electron chi connectivity index (χ2n) is 9.92. The van der Waals surface area contributed by atoms with Crippen LogP contribution < -0.4 is 0 Å². The summed E-state index contributed by atoms with van der Waals surface area (Å²) in [5.41, 5.74) is 6.40. The first-order chi connectivity index (χ1) is 18.9. The smallest absolute Gasteiger partial charge is 0.156 e. The van der Waals surface area contributed by atoms with E-state index in [0.29, 0.717) is 0 Å². The van der Waals surface area contributed by atoms with Crippen molar-refractivity contribution in [1.29, 1.82) is 0 Å². The van der Waals surface area contributed by atoms with Crippen molar-refractivity contribution in [3.05, 3.63) is 115 Å². The van der Waals surface area contributed by atoms with Crippen LogP contribution in [0.1, 0.15) is 0 Å². The molecule has 38 heavy (non-hydrogen) atoms. The lowest BCUT2D eigenvalue weighted by Gasteiger charge is -2.12. The predicted molar refractivity (Wildman–Crippen MR) is 158 cm³/mol. The zero-order chi connectivity index (χ0) is 24.8. The Labute approximate surface area is 216 Å². The van der Waals surface area contributed by atoms with Gasteiger partial charge >= 0.3 is 0 Å². The number of aromatic nitrogens is 4. The number of rotatable bonds is 1. The Morgan fingerprint density at radius 1 is 0.474 bits per heavy atom. The molecule has 0 fully saturated rings. The van der Waals surface area contributed by atoms with Gasteiger partial charge in [-0.3, -0.25) is 9.55 Å². The first kappa shape index (κ1) is 19.9. The SMILES string of the molecule is c1ccc2c(c1)[nH]c1ccc3c(c4ccccc4n3-c3cnc4c5ccccc5c5ccccc5c4n3)c12. The lowest BCUT2D eigenvalue weighted by atomic mass is 10.00. The Bertz CT molecular complexity index is 2370. The number of fused-ring (bicyclic) bond motifs is 13. The lowest BCUT2D eigenvalue weighted by molar-refractivity contribution is 1.08. The Morgan fingerprint density at radius 3 is 1.89 bits per heavy atom. The Balaban J connectivity index is 1.46. The van der Waals surface area contributed by atoms with E-state index in [0.717, 1.165) is 49.7 Å². The Morgan fingerprint density at radius 2 is 1.11 bits per heavy atom. The van der Waals surface area contributed by atoms with Gasteiger partial charge in [0.15, 0.2) is 5.82 Å². The van der Waals surface area contributed by atoms with Gasteiger partial charge in [0.1, 0.15) is 0 Å². The number of H-pyrrole nitrogens is 1.